The van der Waals surface area contributed by atoms with E-state index in [1.54, 1.807) is 5.57 Å². The van der Waals surface area contributed by atoms with Crippen molar-refractivity contribution in [2.75, 3.05) is 0 Å². The lowest BCUT2D eigenvalue weighted by atomic mass is 9.47. The zero-order valence-electron chi connectivity index (χ0n) is 16.3. The maximum atomic E-state index is 12.2. The van der Waals surface area contributed by atoms with Crippen molar-refractivity contribution < 1.29 is 14.3 Å². The fourth-order valence-corrected chi connectivity index (χ4v) is 9.79. The van der Waals surface area contributed by atoms with Crippen LogP contribution in [0.4, 0.5) is 0 Å². The van der Waals surface area contributed by atoms with Crippen LogP contribution in [0.3, 0.4) is 0 Å². The zero-order chi connectivity index (χ0) is 18.1. The summed E-state index contributed by atoms with van der Waals surface area (Å²) in [7, 11) is 0. The number of esters is 1. The first-order valence-electron chi connectivity index (χ1n) is 11.6. The summed E-state index contributed by atoms with van der Waals surface area (Å²) >= 11 is 0. The molecule has 0 amide bonds. The lowest BCUT2D eigenvalue weighted by Gasteiger charge is -2.58. The second kappa shape index (κ2) is 4.71. The van der Waals surface area contributed by atoms with Gasteiger partial charge in [0.1, 0.15) is 5.60 Å². The van der Waals surface area contributed by atoms with Crippen LogP contribution in [0.15, 0.2) is 11.6 Å². The van der Waals surface area contributed by atoms with Crippen LogP contribution >= 0.6 is 0 Å². The van der Waals surface area contributed by atoms with Crippen LogP contribution in [0, 0.1) is 52.8 Å². The van der Waals surface area contributed by atoms with Gasteiger partial charge in [-0.3, -0.25) is 9.59 Å². The molecule has 1 aliphatic heterocycles. The van der Waals surface area contributed by atoms with Crippen molar-refractivity contribution in [1.82, 2.24) is 0 Å². The molecule has 7 aliphatic rings. The molecule has 3 heteroatoms. The van der Waals surface area contributed by atoms with Gasteiger partial charge in [-0.25, -0.2) is 0 Å². The second-order valence-electron chi connectivity index (χ2n) is 10.9. The predicted octanol–water partition coefficient (Wildman–Crippen LogP) is 4.31. The van der Waals surface area contributed by atoms with Gasteiger partial charge in [-0.05, 0) is 92.4 Å². The highest BCUT2D eigenvalue weighted by molar-refractivity contribution is 5.91. The third-order valence-electron chi connectivity index (χ3n) is 10.6. The Labute approximate surface area is 161 Å². The second-order valence-corrected chi connectivity index (χ2v) is 10.9. The third-order valence-corrected chi connectivity index (χ3v) is 10.6. The summed E-state index contributed by atoms with van der Waals surface area (Å²) < 4.78 is 6.28. The number of hydrogen-bond acceptors (Lipinski definition) is 3. The molecule has 6 fully saturated rings. The van der Waals surface area contributed by atoms with E-state index in [9.17, 15) is 9.59 Å². The molecule has 6 aliphatic carbocycles. The molecule has 7 rings (SSSR count). The highest BCUT2D eigenvalue weighted by Gasteiger charge is 2.81. The molecule has 0 aromatic carbocycles. The van der Waals surface area contributed by atoms with Gasteiger partial charge in [0, 0.05) is 24.2 Å². The van der Waals surface area contributed by atoms with Crippen molar-refractivity contribution in [2.45, 2.75) is 70.3 Å². The van der Waals surface area contributed by atoms with Gasteiger partial charge in [0.25, 0.3) is 0 Å². The van der Waals surface area contributed by atoms with E-state index >= 15 is 0 Å². The molecule has 0 aromatic heterocycles. The largest absolute Gasteiger partial charge is 0.458 e. The van der Waals surface area contributed by atoms with Gasteiger partial charge >= 0.3 is 5.97 Å². The first-order valence-corrected chi connectivity index (χ1v) is 11.6. The van der Waals surface area contributed by atoms with Crippen LogP contribution in [0.5, 0.6) is 0 Å². The fourth-order valence-electron chi connectivity index (χ4n) is 9.79. The van der Waals surface area contributed by atoms with E-state index in [-0.39, 0.29) is 17.0 Å². The zero-order valence-corrected chi connectivity index (χ0v) is 16.3. The van der Waals surface area contributed by atoms with Crippen molar-refractivity contribution in [1.29, 1.82) is 0 Å². The molecule has 5 unspecified atom stereocenters. The average molecular weight is 367 g/mol. The van der Waals surface area contributed by atoms with E-state index in [4.69, 9.17) is 4.74 Å². The van der Waals surface area contributed by atoms with Gasteiger partial charge in [-0.15, -0.1) is 0 Å². The molecule has 1 spiro atoms. The highest BCUT2D eigenvalue weighted by atomic mass is 16.6. The molecule has 0 aromatic rings. The molecule has 5 saturated carbocycles. The van der Waals surface area contributed by atoms with Crippen molar-refractivity contribution >= 4 is 11.8 Å². The summed E-state index contributed by atoms with van der Waals surface area (Å²) in [4.78, 5) is 24.3. The molecular formula is C24H30O3. The van der Waals surface area contributed by atoms with Crippen LogP contribution in [0.2, 0.25) is 0 Å². The van der Waals surface area contributed by atoms with Crippen LogP contribution in [0.25, 0.3) is 0 Å². The normalized spacial score (nSPS) is 59.2. The Balaban J connectivity index is 1.32. The molecule has 3 nitrogen and oxygen atoms in total. The molecule has 27 heavy (non-hydrogen) atoms. The SMILES string of the molecule is CC[C@]12CCC3C(C4CC4C4=CC(=O)CC[C@@H]43)C1[C@H]1C[C@H]1[C@@]21CCC(=O)O1. The van der Waals surface area contributed by atoms with Crippen molar-refractivity contribution in [3.63, 3.8) is 0 Å². The minimum Gasteiger partial charge on any atom is -0.458 e. The van der Waals surface area contributed by atoms with Crippen LogP contribution < -0.4 is 0 Å². The number of hydrogen-bond donors (Lipinski definition) is 0. The smallest absolute Gasteiger partial charge is 0.306 e. The molecule has 1 heterocycles. The topological polar surface area (TPSA) is 43.4 Å². The summed E-state index contributed by atoms with van der Waals surface area (Å²) in [6, 6.07) is 0. The number of allylic oxidation sites excluding steroid dienone is 1. The summed E-state index contributed by atoms with van der Waals surface area (Å²) in [5.74, 6) is 6.58. The predicted molar refractivity (Wildman–Crippen MR) is 99.5 cm³/mol. The van der Waals surface area contributed by atoms with E-state index in [1.165, 1.54) is 32.1 Å². The lowest BCUT2D eigenvalue weighted by molar-refractivity contribution is -0.179. The van der Waals surface area contributed by atoms with Gasteiger partial charge in [0.2, 0.25) is 0 Å². The Morgan fingerprint density at radius 2 is 1.93 bits per heavy atom. The monoisotopic (exact) mass is 366 g/mol. The van der Waals surface area contributed by atoms with Crippen molar-refractivity contribution in [3.05, 3.63) is 11.6 Å². The van der Waals surface area contributed by atoms with Crippen LogP contribution in [0.1, 0.15) is 64.7 Å². The molecule has 10 atom stereocenters. The summed E-state index contributed by atoms with van der Waals surface area (Å²) in [6.45, 7) is 2.38. The Bertz CT molecular complexity index is 797. The van der Waals surface area contributed by atoms with Gasteiger partial charge in [0.05, 0.1) is 0 Å². The van der Waals surface area contributed by atoms with Crippen LogP contribution in [-0.4, -0.2) is 17.4 Å². The Morgan fingerprint density at radius 1 is 1.04 bits per heavy atom. The number of fused-ring (bicyclic) bond motifs is 12. The highest BCUT2D eigenvalue weighted by Crippen LogP contribution is 2.81. The minimum atomic E-state index is -0.109. The van der Waals surface area contributed by atoms with E-state index in [2.05, 4.69) is 13.0 Å². The minimum absolute atomic E-state index is 0.0696. The Hall–Kier alpha value is -1.12. The number of ketones is 1. The van der Waals surface area contributed by atoms with Crippen LogP contribution in [-0.2, 0) is 14.3 Å². The summed E-state index contributed by atoms with van der Waals surface area (Å²) in [5, 5.41) is 0. The molecule has 0 N–H and O–H groups in total. The maximum Gasteiger partial charge on any atom is 0.306 e. The van der Waals surface area contributed by atoms with Crippen molar-refractivity contribution in [2.24, 2.45) is 52.8 Å². The van der Waals surface area contributed by atoms with Crippen molar-refractivity contribution in [3.8, 4) is 0 Å². The number of rotatable bonds is 1. The van der Waals surface area contributed by atoms with E-state index < -0.39 is 0 Å². The Kier molecular flexibility index (Phi) is 2.75. The average Bonchev–Trinajstić information content (AvgIpc) is 3.57. The Morgan fingerprint density at radius 3 is 2.70 bits per heavy atom. The van der Waals surface area contributed by atoms with Gasteiger partial charge in [0.15, 0.2) is 5.78 Å². The van der Waals surface area contributed by atoms with Gasteiger partial charge in [-0.2, -0.15) is 0 Å². The number of carbonyl (C=O) groups excluding carboxylic acids is 2. The third kappa shape index (κ3) is 1.65. The van der Waals surface area contributed by atoms with Gasteiger partial charge < -0.3 is 4.74 Å². The molecular weight excluding hydrogens is 336 g/mol. The maximum absolute atomic E-state index is 12.2. The first-order chi connectivity index (χ1) is 13.1. The summed E-state index contributed by atoms with van der Waals surface area (Å²) in [5.41, 5.74) is 1.70. The quantitative estimate of drug-likeness (QED) is 0.650. The number of carbonyl (C=O) groups is 2. The molecule has 0 radical (unpaired) electrons. The summed E-state index contributed by atoms with van der Waals surface area (Å²) in [6.07, 6.45) is 12.0. The molecule has 1 saturated heterocycles. The fraction of sp³-hybridized carbons (Fsp3) is 0.833. The first kappa shape index (κ1) is 15.8. The standard InChI is InChI=1S/C24H30O3/c1-2-23-7-5-14-13-4-3-12(25)9-15(13)16-10-17(16)21(14)22(23)18-11-19(18)24(23)8-6-20(26)27-24/h9,13-14,16-19,21-22H,2-8,10-11H2,1H3/t13-,14?,16?,17?,18+,19-,21?,22?,23+,24+/m1/s1. The molecule has 0 bridgehead atoms. The van der Waals surface area contributed by atoms with Gasteiger partial charge in [-0.1, -0.05) is 12.5 Å². The van der Waals surface area contributed by atoms with E-state index in [0.717, 1.165) is 48.9 Å². The lowest BCUT2D eigenvalue weighted by Crippen LogP contribution is -2.56. The van der Waals surface area contributed by atoms with E-state index in [1.807, 2.05) is 0 Å². The molecule has 144 valence electrons. The number of ether oxygens (including phenoxy) is 1. The van der Waals surface area contributed by atoms with E-state index in [0.29, 0.717) is 30.0 Å².